The van der Waals surface area contributed by atoms with Crippen LogP contribution in [0.4, 0.5) is 17.1 Å². The highest BCUT2D eigenvalue weighted by atomic mass is 16.6. The molecule has 0 saturated carbocycles. The third-order valence-corrected chi connectivity index (χ3v) is 5.41. The first-order chi connectivity index (χ1) is 16.0. The van der Waals surface area contributed by atoms with Crippen LogP contribution in [0.25, 0.3) is 0 Å². The maximum absolute atomic E-state index is 13.2. The number of amides is 2. The largest absolute Gasteiger partial charge is 0.493 e. The van der Waals surface area contributed by atoms with Crippen molar-refractivity contribution in [2.75, 3.05) is 37.6 Å². The van der Waals surface area contributed by atoms with E-state index in [-0.39, 0.29) is 35.5 Å². The minimum atomic E-state index is -0.725. The normalized spacial score (nSPS) is 14.7. The average molecular weight is 472 g/mol. The summed E-state index contributed by atoms with van der Waals surface area (Å²) in [5.41, 5.74) is -0.448. The summed E-state index contributed by atoms with van der Waals surface area (Å²) in [5.74, 6) is 0.249. The van der Waals surface area contributed by atoms with Crippen molar-refractivity contribution < 1.29 is 28.7 Å². The Kier molecular flexibility index (Phi) is 6.99. The standard InChI is InChI=1S/C24H29N3O7/c1-14(2)12-26-18-9-15(7-8-19(18)34-13-24(3,4)23(26)29)25-22(28)16-10-20(32-5)21(33-6)11-17(16)27(30)31/h7-11,14H,12-13H2,1-6H3,(H,25,28). The van der Waals surface area contributed by atoms with Crippen LogP contribution in [0.3, 0.4) is 0 Å². The van der Waals surface area contributed by atoms with Gasteiger partial charge >= 0.3 is 0 Å². The summed E-state index contributed by atoms with van der Waals surface area (Å²) >= 11 is 0. The first kappa shape index (κ1) is 24.8. The van der Waals surface area contributed by atoms with Crippen LogP contribution in [0.1, 0.15) is 38.1 Å². The number of carbonyl (C=O) groups excluding carboxylic acids is 2. The van der Waals surface area contributed by atoms with E-state index >= 15 is 0 Å². The molecule has 1 aliphatic heterocycles. The maximum atomic E-state index is 13.2. The number of hydrogen-bond donors (Lipinski definition) is 1. The second-order valence-corrected chi connectivity index (χ2v) is 9.10. The Hall–Kier alpha value is -3.82. The van der Waals surface area contributed by atoms with Crippen LogP contribution >= 0.6 is 0 Å². The van der Waals surface area contributed by atoms with Crippen molar-refractivity contribution in [1.82, 2.24) is 0 Å². The van der Waals surface area contributed by atoms with E-state index in [4.69, 9.17) is 14.2 Å². The summed E-state index contributed by atoms with van der Waals surface area (Å²) < 4.78 is 16.2. The molecule has 1 heterocycles. The zero-order valence-corrected chi connectivity index (χ0v) is 20.1. The molecule has 2 aromatic rings. The van der Waals surface area contributed by atoms with Gasteiger partial charge in [0.15, 0.2) is 11.5 Å². The van der Waals surface area contributed by atoms with Gasteiger partial charge in [0, 0.05) is 18.3 Å². The molecule has 0 unspecified atom stereocenters. The van der Waals surface area contributed by atoms with Crippen molar-refractivity contribution in [2.45, 2.75) is 27.7 Å². The van der Waals surface area contributed by atoms with Gasteiger partial charge in [0.25, 0.3) is 11.6 Å². The number of carbonyl (C=O) groups is 2. The molecule has 0 fully saturated rings. The van der Waals surface area contributed by atoms with Gasteiger partial charge in [0.1, 0.15) is 17.9 Å². The number of rotatable bonds is 7. The maximum Gasteiger partial charge on any atom is 0.286 e. The number of nitrogens with zero attached hydrogens (tertiary/aromatic N) is 2. The van der Waals surface area contributed by atoms with Crippen LogP contribution in [-0.4, -0.2) is 44.1 Å². The van der Waals surface area contributed by atoms with Gasteiger partial charge in [-0.1, -0.05) is 13.8 Å². The third kappa shape index (κ3) is 4.90. The second kappa shape index (κ2) is 9.58. The highest BCUT2D eigenvalue weighted by molar-refractivity contribution is 6.08. The molecule has 0 aliphatic carbocycles. The van der Waals surface area contributed by atoms with Gasteiger partial charge in [-0.15, -0.1) is 0 Å². The van der Waals surface area contributed by atoms with Crippen LogP contribution < -0.4 is 24.4 Å². The molecule has 10 heteroatoms. The molecule has 0 bridgehead atoms. The summed E-state index contributed by atoms with van der Waals surface area (Å²) in [5, 5.41) is 14.3. The fraction of sp³-hybridized carbons (Fsp3) is 0.417. The minimum Gasteiger partial charge on any atom is -0.493 e. The SMILES string of the molecule is COc1cc(C(=O)Nc2ccc3c(c2)N(CC(C)C)C(=O)C(C)(C)CO3)c([N+](=O)[O-])cc1OC. The molecule has 1 aliphatic rings. The zero-order chi connectivity index (χ0) is 25.2. The highest BCUT2D eigenvalue weighted by Crippen LogP contribution is 2.39. The predicted octanol–water partition coefficient (Wildman–Crippen LogP) is 4.27. The van der Waals surface area contributed by atoms with Gasteiger partial charge in [-0.25, -0.2) is 0 Å². The molecular formula is C24H29N3O7. The summed E-state index contributed by atoms with van der Waals surface area (Å²) in [6.45, 7) is 8.36. The van der Waals surface area contributed by atoms with Gasteiger partial charge in [-0.3, -0.25) is 19.7 Å². The van der Waals surface area contributed by atoms with E-state index in [1.54, 1.807) is 23.1 Å². The fourth-order valence-electron chi connectivity index (χ4n) is 3.67. The third-order valence-electron chi connectivity index (χ3n) is 5.41. The Morgan fingerprint density at radius 1 is 1.21 bits per heavy atom. The molecule has 0 saturated heterocycles. The summed E-state index contributed by atoms with van der Waals surface area (Å²) in [7, 11) is 2.73. The van der Waals surface area contributed by atoms with E-state index in [0.29, 0.717) is 23.7 Å². The number of nitro groups is 1. The van der Waals surface area contributed by atoms with Crippen molar-refractivity contribution in [1.29, 1.82) is 0 Å². The first-order valence-electron chi connectivity index (χ1n) is 10.8. The molecule has 0 aromatic heterocycles. The number of nitro benzene ring substituents is 1. The number of anilines is 2. The molecule has 34 heavy (non-hydrogen) atoms. The van der Waals surface area contributed by atoms with E-state index in [1.165, 1.54) is 20.3 Å². The van der Waals surface area contributed by atoms with Crippen LogP contribution in [-0.2, 0) is 4.79 Å². The molecule has 3 rings (SSSR count). The van der Waals surface area contributed by atoms with E-state index in [2.05, 4.69) is 5.32 Å². The quantitative estimate of drug-likeness (QED) is 0.473. The number of nitrogens with one attached hydrogen (secondary N) is 1. The topological polar surface area (TPSA) is 120 Å². The van der Waals surface area contributed by atoms with Crippen molar-refractivity contribution in [3.8, 4) is 17.2 Å². The molecule has 0 atom stereocenters. The lowest BCUT2D eigenvalue weighted by molar-refractivity contribution is -0.385. The number of methoxy groups -OCH3 is 2. The molecule has 2 amide bonds. The predicted molar refractivity (Wildman–Crippen MR) is 127 cm³/mol. The van der Waals surface area contributed by atoms with Gasteiger partial charge in [0.05, 0.1) is 36.3 Å². The van der Waals surface area contributed by atoms with Gasteiger partial charge < -0.3 is 24.4 Å². The van der Waals surface area contributed by atoms with Gasteiger partial charge in [-0.2, -0.15) is 0 Å². The molecule has 2 aromatic carbocycles. The van der Waals surface area contributed by atoms with Crippen LogP contribution in [0.15, 0.2) is 30.3 Å². The van der Waals surface area contributed by atoms with E-state index in [0.717, 1.165) is 6.07 Å². The second-order valence-electron chi connectivity index (χ2n) is 9.10. The Bertz CT molecular complexity index is 1130. The molecule has 0 radical (unpaired) electrons. The minimum absolute atomic E-state index is 0.0843. The number of hydrogen-bond acceptors (Lipinski definition) is 7. The summed E-state index contributed by atoms with van der Waals surface area (Å²) in [4.78, 5) is 38.9. The lowest BCUT2D eigenvalue weighted by Crippen LogP contribution is -2.43. The monoisotopic (exact) mass is 471 g/mol. The van der Waals surface area contributed by atoms with E-state index in [9.17, 15) is 19.7 Å². The van der Waals surface area contributed by atoms with Crippen LogP contribution in [0.5, 0.6) is 17.2 Å². The first-order valence-corrected chi connectivity index (χ1v) is 10.8. The van der Waals surface area contributed by atoms with Crippen molar-refractivity contribution >= 4 is 28.9 Å². The van der Waals surface area contributed by atoms with Crippen molar-refractivity contribution in [3.05, 3.63) is 46.0 Å². The smallest absolute Gasteiger partial charge is 0.286 e. The molecule has 10 nitrogen and oxygen atoms in total. The van der Waals surface area contributed by atoms with E-state index in [1.807, 2.05) is 27.7 Å². The Morgan fingerprint density at radius 3 is 2.44 bits per heavy atom. The number of fused-ring (bicyclic) bond motifs is 1. The van der Waals surface area contributed by atoms with Crippen LogP contribution in [0, 0.1) is 21.4 Å². The van der Waals surface area contributed by atoms with E-state index < -0.39 is 21.9 Å². The van der Waals surface area contributed by atoms with Gasteiger partial charge in [-0.05, 0) is 38.0 Å². The molecular weight excluding hydrogens is 442 g/mol. The summed E-state index contributed by atoms with van der Waals surface area (Å²) in [6.07, 6.45) is 0. The summed E-state index contributed by atoms with van der Waals surface area (Å²) in [6, 6.07) is 7.34. The Balaban J connectivity index is 2.01. The zero-order valence-electron chi connectivity index (χ0n) is 20.1. The van der Waals surface area contributed by atoms with Crippen molar-refractivity contribution in [2.24, 2.45) is 11.3 Å². The Morgan fingerprint density at radius 2 is 1.85 bits per heavy atom. The van der Waals surface area contributed by atoms with Crippen LogP contribution in [0.2, 0.25) is 0 Å². The number of ether oxygens (including phenoxy) is 3. The molecule has 1 N–H and O–H groups in total. The highest BCUT2D eigenvalue weighted by Gasteiger charge is 2.38. The average Bonchev–Trinajstić information content (AvgIpc) is 2.87. The lowest BCUT2D eigenvalue weighted by Gasteiger charge is -2.29. The Labute approximate surface area is 197 Å². The lowest BCUT2D eigenvalue weighted by atomic mass is 9.92. The molecule has 182 valence electrons. The number of benzene rings is 2. The molecule has 0 spiro atoms. The van der Waals surface area contributed by atoms with Crippen molar-refractivity contribution in [3.63, 3.8) is 0 Å². The van der Waals surface area contributed by atoms with Gasteiger partial charge in [0.2, 0.25) is 5.91 Å². The fourth-order valence-corrected chi connectivity index (χ4v) is 3.67.